The van der Waals surface area contributed by atoms with Gasteiger partial charge in [0.05, 0.1) is 11.4 Å². The van der Waals surface area contributed by atoms with Gasteiger partial charge in [0.1, 0.15) is 11.3 Å². The van der Waals surface area contributed by atoms with E-state index in [-0.39, 0.29) is 11.5 Å². The number of nitrogens with zero attached hydrogens (tertiary/aromatic N) is 1. The molecule has 0 spiro atoms. The first kappa shape index (κ1) is 23.7. The van der Waals surface area contributed by atoms with Crippen LogP contribution in [0.2, 0.25) is 0 Å². The van der Waals surface area contributed by atoms with E-state index in [2.05, 4.69) is 10.3 Å². The molecular weight excluding hydrogens is 438 g/mol. The molecule has 0 amide bonds. The van der Waals surface area contributed by atoms with Gasteiger partial charge in [-0.1, -0.05) is 42.5 Å². The summed E-state index contributed by atoms with van der Waals surface area (Å²) in [6.45, 7) is 3.93. The Kier molecular flexibility index (Phi) is 6.92. The van der Waals surface area contributed by atoms with E-state index in [9.17, 15) is 9.59 Å². The van der Waals surface area contributed by atoms with Crippen LogP contribution in [0.25, 0.3) is 27.9 Å². The Labute approximate surface area is 203 Å². The lowest BCUT2D eigenvalue weighted by molar-refractivity contribution is 0.112. The Hall–Kier alpha value is -4.45. The lowest BCUT2D eigenvalue weighted by Gasteiger charge is -2.19. The van der Waals surface area contributed by atoms with Crippen molar-refractivity contribution in [2.24, 2.45) is 10.7 Å². The van der Waals surface area contributed by atoms with E-state index in [1.165, 1.54) is 12.3 Å². The highest BCUT2D eigenvalue weighted by Gasteiger charge is 2.17. The molecule has 1 aromatic heterocycles. The number of aldehydes is 1. The van der Waals surface area contributed by atoms with E-state index >= 15 is 0 Å². The van der Waals surface area contributed by atoms with Gasteiger partial charge in [0.2, 0.25) is 0 Å². The standard InChI is InChI=1S/C29H27N3O3/c1-18-12-24(19(2)32-26-7-5-4-6-22(26)17-33)29-25(13-18)27(34)14-28(35-29)21-10-8-20(9-11-21)23(15-30)16-31-3/h4-17,19,32H,30H2,1-3H3. The second-order valence-electron chi connectivity index (χ2n) is 8.36. The summed E-state index contributed by atoms with van der Waals surface area (Å²) >= 11 is 0. The first-order valence-corrected chi connectivity index (χ1v) is 11.3. The molecule has 4 rings (SSSR count). The Morgan fingerprint density at radius 3 is 2.51 bits per heavy atom. The molecule has 6 heteroatoms. The fraction of sp³-hybridized carbons (Fsp3) is 0.138. The molecule has 0 aliphatic rings. The van der Waals surface area contributed by atoms with Crippen LogP contribution in [0.15, 0.2) is 87.1 Å². The van der Waals surface area contributed by atoms with Crippen molar-refractivity contribution in [2.75, 3.05) is 12.4 Å². The van der Waals surface area contributed by atoms with Crippen LogP contribution >= 0.6 is 0 Å². The van der Waals surface area contributed by atoms with Crippen molar-refractivity contribution < 1.29 is 9.21 Å². The van der Waals surface area contributed by atoms with Gasteiger partial charge in [0.25, 0.3) is 0 Å². The molecule has 35 heavy (non-hydrogen) atoms. The largest absolute Gasteiger partial charge is 0.455 e. The first-order valence-electron chi connectivity index (χ1n) is 11.3. The number of para-hydroxylation sites is 1. The lowest BCUT2D eigenvalue weighted by Crippen LogP contribution is -2.11. The minimum Gasteiger partial charge on any atom is -0.455 e. The second-order valence-corrected chi connectivity index (χ2v) is 8.36. The highest BCUT2D eigenvalue weighted by molar-refractivity contribution is 6.09. The zero-order chi connectivity index (χ0) is 24.9. The number of aliphatic imine (C=N–C) groups is 1. The Morgan fingerprint density at radius 1 is 1.09 bits per heavy atom. The topological polar surface area (TPSA) is 97.7 Å². The summed E-state index contributed by atoms with van der Waals surface area (Å²) in [4.78, 5) is 28.6. The summed E-state index contributed by atoms with van der Waals surface area (Å²) in [6.07, 6.45) is 4.02. The highest BCUT2D eigenvalue weighted by Crippen LogP contribution is 2.31. The average Bonchev–Trinajstić information content (AvgIpc) is 2.87. The number of carbonyl (C=O) groups excluding carboxylic acids is 1. The zero-order valence-electron chi connectivity index (χ0n) is 19.9. The molecule has 4 aromatic rings. The van der Waals surface area contributed by atoms with Crippen molar-refractivity contribution in [1.82, 2.24) is 0 Å². The van der Waals surface area contributed by atoms with Crippen LogP contribution in [0.5, 0.6) is 0 Å². The molecule has 1 atom stereocenters. The summed E-state index contributed by atoms with van der Waals surface area (Å²) in [7, 11) is 1.69. The molecule has 0 fully saturated rings. The number of hydrogen-bond donors (Lipinski definition) is 2. The molecule has 0 saturated heterocycles. The van der Waals surface area contributed by atoms with E-state index in [4.69, 9.17) is 10.2 Å². The minimum atomic E-state index is -0.218. The number of carbonyl (C=O) groups is 1. The summed E-state index contributed by atoms with van der Waals surface area (Å²) in [6, 6.07) is 20.1. The number of rotatable bonds is 7. The number of allylic oxidation sites excluding steroid dienone is 1. The van der Waals surface area contributed by atoms with Crippen LogP contribution in [0.4, 0.5) is 5.69 Å². The number of anilines is 1. The molecule has 1 heterocycles. The Balaban J connectivity index is 1.79. The lowest BCUT2D eigenvalue weighted by atomic mass is 10.00. The van der Waals surface area contributed by atoms with Crippen molar-refractivity contribution in [3.8, 4) is 11.3 Å². The molecule has 3 aromatic carbocycles. The predicted octanol–water partition coefficient (Wildman–Crippen LogP) is 5.75. The van der Waals surface area contributed by atoms with Crippen molar-refractivity contribution >= 4 is 34.7 Å². The van der Waals surface area contributed by atoms with Gasteiger partial charge in [-0.15, -0.1) is 0 Å². The van der Waals surface area contributed by atoms with Gasteiger partial charge in [-0.3, -0.25) is 14.6 Å². The zero-order valence-corrected chi connectivity index (χ0v) is 19.9. The minimum absolute atomic E-state index is 0.114. The number of benzene rings is 3. The van der Waals surface area contributed by atoms with Gasteiger partial charge >= 0.3 is 0 Å². The molecule has 0 aliphatic heterocycles. The summed E-state index contributed by atoms with van der Waals surface area (Å²) in [5, 5.41) is 3.91. The van der Waals surface area contributed by atoms with Gasteiger partial charge in [-0.25, -0.2) is 0 Å². The van der Waals surface area contributed by atoms with Crippen molar-refractivity contribution in [3.05, 3.63) is 105 Å². The van der Waals surface area contributed by atoms with Crippen molar-refractivity contribution in [3.63, 3.8) is 0 Å². The van der Waals surface area contributed by atoms with Gasteiger partial charge in [-0.05, 0) is 43.2 Å². The maximum absolute atomic E-state index is 13.1. The Morgan fingerprint density at radius 2 is 1.83 bits per heavy atom. The molecule has 0 bridgehead atoms. The van der Waals surface area contributed by atoms with E-state index in [0.29, 0.717) is 22.3 Å². The molecule has 6 nitrogen and oxygen atoms in total. The van der Waals surface area contributed by atoms with Crippen LogP contribution in [-0.2, 0) is 0 Å². The number of hydrogen-bond acceptors (Lipinski definition) is 6. The summed E-state index contributed by atoms with van der Waals surface area (Å²) < 4.78 is 6.33. The third-order valence-electron chi connectivity index (χ3n) is 5.88. The average molecular weight is 466 g/mol. The summed E-state index contributed by atoms with van der Waals surface area (Å²) in [5.74, 6) is 0.474. The predicted molar refractivity (Wildman–Crippen MR) is 143 cm³/mol. The summed E-state index contributed by atoms with van der Waals surface area (Å²) in [5.41, 5.74) is 11.7. The van der Waals surface area contributed by atoms with Crippen molar-refractivity contribution in [2.45, 2.75) is 19.9 Å². The van der Waals surface area contributed by atoms with Crippen LogP contribution < -0.4 is 16.5 Å². The second kappa shape index (κ2) is 10.2. The van der Waals surface area contributed by atoms with Crippen LogP contribution in [0.1, 0.15) is 40.0 Å². The normalized spacial score (nSPS) is 12.7. The molecule has 0 radical (unpaired) electrons. The molecular formula is C29H27N3O3. The molecule has 0 saturated carbocycles. The first-order chi connectivity index (χ1) is 16.9. The van der Waals surface area contributed by atoms with E-state index in [1.807, 2.05) is 68.4 Å². The maximum atomic E-state index is 13.1. The molecule has 176 valence electrons. The van der Waals surface area contributed by atoms with Crippen LogP contribution in [0.3, 0.4) is 0 Å². The smallest absolute Gasteiger partial charge is 0.193 e. The van der Waals surface area contributed by atoms with E-state index < -0.39 is 0 Å². The van der Waals surface area contributed by atoms with Gasteiger partial charge in [-0.2, -0.15) is 0 Å². The number of nitrogens with one attached hydrogen (secondary N) is 1. The Bertz CT molecular complexity index is 1500. The van der Waals surface area contributed by atoms with Gasteiger partial charge in [0, 0.05) is 53.5 Å². The number of nitrogens with two attached hydrogens (primary N) is 1. The van der Waals surface area contributed by atoms with Gasteiger partial charge in [0.15, 0.2) is 11.7 Å². The quantitative estimate of drug-likeness (QED) is 0.267. The monoisotopic (exact) mass is 465 g/mol. The maximum Gasteiger partial charge on any atom is 0.193 e. The molecule has 0 aliphatic carbocycles. The van der Waals surface area contributed by atoms with Gasteiger partial charge < -0.3 is 15.5 Å². The van der Waals surface area contributed by atoms with E-state index in [1.54, 1.807) is 19.3 Å². The fourth-order valence-corrected chi connectivity index (χ4v) is 4.12. The molecule has 3 N–H and O–H groups in total. The third kappa shape index (κ3) is 4.92. The number of fused-ring (bicyclic) bond motifs is 1. The molecule has 1 unspecified atom stereocenters. The van der Waals surface area contributed by atoms with Crippen LogP contribution in [0, 0.1) is 6.92 Å². The van der Waals surface area contributed by atoms with Crippen molar-refractivity contribution in [1.29, 1.82) is 0 Å². The fourth-order valence-electron chi connectivity index (χ4n) is 4.12. The SMILES string of the molecule is CN=CC(=CN)c1ccc(-c2cc(=O)c3cc(C)cc(C(C)Nc4ccccc4C=O)c3o2)cc1. The van der Waals surface area contributed by atoms with Crippen LogP contribution in [-0.4, -0.2) is 19.5 Å². The highest BCUT2D eigenvalue weighted by atomic mass is 16.3. The van der Waals surface area contributed by atoms with E-state index in [0.717, 1.165) is 39.8 Å². The number of aryl methyl sites for hydroxylation is 1. The third-order valence-corrected chi connectivity index (χ3v) is 5.88.